The van der Waals surface area contributed by atoms with Gasteiger partial charge in [-0.25, -0.2) is 13.2 Å². The van der Waals surface area contributed by atoms with Crippen molar-refractivity contribution in [2.45, 2.75) is 50.4 Å². The van der Waals surface area contributed by atoms with Crippen molar-refractivity contribution in [2.75, 3.05) is 5.73 Å². The number of hydrogen-bond donors (Lipinski definition) is 3. The third-order valence-corrected chi connectivity index (χ3v) is 5.53. The second-order valence-corrected chi connectivity index (χ2v) is 7.00. The van der Waals surface area contributed by atoms with Gasteiger partial charge in [0.15, 0.2) is 11.6 Å². The summed E-state index contributed by atoms with van der Waals surface area (Å²) in [6.07, 6.45) is 2.11. The van der Waals surface area contributed by atoms with Gasteiger partial charge in [-0.05, 0) is 30.9 Å². The number of nitrogens with zero attached hydrogens (tertiary/aromatic N) is 2. The zero-order chi connectivity index (χ0) is 17.7. The lowest BCUT2D eigenvalue weighted by molar-refractivity contribution is 0.136. The molecule has 1 aliphatic heterocycles. The third-order valence-electron chi connectivity index (χ3n) is 5.53. The molecule has 0 amide bonds. The monoisotopic (exact) mass is 351 g/mol. The molecular weight excluding hydrogens is 331 g/mol. The maximum absolute atomic E-state index is 14.1. The van der Waals surface area contributed by atoms with E-state index in [4.69, 9.17) is 11.5 Å². The number of H-pyrrole nitrogens is 1. The van der Waals surface area contributed by atoms with E-state index in [-0.39, 0.29) is 23.6 Å². The predicted octanol–water partition coefficient (Wildman–Crippen LogP) is 2.39. The smallest absolute Gasteiger partial charge is 0.161 e. The largest absolute Gasteiger partial charge is 0.382 e. The van der Waals surface area contributed by atoms with E-state index in [9.17, 15) is 13.2 Å². The Hall–Kier alpha value is -2.06. The molecule has 2 heterocycles. The van der Waals surface area contributed by atoms with E-state index in [0.29, 0.717) is 24.7 Å². The fraction of sp³-hybridized carbons (Fsp3) is 0.471. The van der Waals surface area contributed by atoms with Crippen LogP contribution in [-0.4, -0.2) is 27.2 Å². The SMILES string of the molecule is Nc1n[nH]c2c1CN(C1CCC(c3cc(F)c(F)cc3F)C(N)C1)C2. The van der Waals surface area contributed by atoms with E-state index >= 15 is 0 Å². The lowest BCUT2D eigenvalue weighted by Gasteiger charge is -2.38. The van der Waals surface area contributed by atoms with Gasteiger partial charge in [0.1, 0.15) is 11.6 Å². The molecule has 134 valence electrons. The van der Waals surface area contributed by atoms with Gasteiger partial charge in [0.05, 0.1) is 5.69 Å². The Morgan fingerprint density at radius 2 is 1.84 bits per heavy atom. The maximum atomic E-state index is 14.1. The normalized spacial score (nSPS) is 26.8. The van der Waals surface area contributed by atoms with Crippen LogP contribution < -0.4 is 11.5 Å². The number of nitrogens with two attached hydrogens (primary N) is 2. The van der Waals surface area contributed by atoms with Crippen LogP contribution >= 0.6 is 0 Å². The Morgan fingerprint density at radius 1 is 1.08 bits per heavy atom. The van der Waals surface area contributed by atoms with E-state index in [2.05, 4.69) is 15.1 Å². The van der Waals surface area contributed by atoms with E-state index < -0.39 is 17.5 Å². The molecule has 3 unspecified atom stereocenters. The highest BCUT2D eigenvalue weighted by molar-refractivity contribution is 5.44. The minimum Gasteiger partial charge on any atom is -0.382 e. The third kappa shape index (κ3) is 2.79. The minimum absolute atomic E-state index is 0.171. The van der Waals surface area contributed by atoms with Crippen LogP contribution in [0.5, 0.6) is 0 Å². The molecule has 0 spiro atoms. The van der Waals surface area contributed by atoms with Crippen molar-refractivity contribution in [2.24, 2.45) is 5.73 Å². The molecule has 1 aromatic heterocycles. The molecule has 0 bridgehead atoms. The van der Waals surface area contributed by atoms with Gasteiger partial charge in [0.25, 0.3) is 0 Å². The van der Waals surface area contributed by atoms with Crippen LogP contribution in [0, 0.1) is 17.5 Å². The molecule has 1 fully saturated rings. The van der Waals surface area contributed by atoms with Crippen LogP contribution in [0.4, 0.5) is 19.0 Å². The molecule has 3 atom stereocenters. The molecule has 1 saturated carbocycles. The van der Waals surface area contributed by atoms with E-state index in [1.165, 1.54) is 0 Å². The Kier molecular flexibility index (Phi) is 3.96. The van der Waals surface area contributed by atoms with Crippen LogP contribution in [0.1, 0.15) is 42.0 Å². The van der Waals surface area contributed by atoms with Crippen LogP contribution in [0.25, 0.3) is 0 Å². The lowest BCUT2D eigenvalue weighted by atomic mass is 9.77. The highest BCUT2D eigenvalue weighted by Crippen LogP contribution is 2.38. The Labute approximate surface area is 143 Å². The van der Waals surface area contributed by atoms with Gasteiger partial charge in [-0.3, -0.25) is 10.00 Å². The van der Waals surface area contributed by atoms with Crippen molar-refractivity contribution in [3.63, 3.8) is 0 Å². The molecule has 1 aliphatic carbocycles. The van der Waals surface area contributed by atoms with E-state index in [1.807, 2.05) is 0 Å². The molecule has 2 aromatic rings. The molecule has 4 rings (SSSR count). The van der Waals surface area contributed by atoms with Gasteiger partial charge in [-0.15, -0.1) is 0 Å². The summed E-state index contributed by atoms with van der Waals surface area (Å²) in [7, 11) is 0. The predicted molar refractivity (Wildman–Crippen MR) is 86.9 cm³/mol. The standard InChI is InChI=1S/C17H20F3N5/c18-12-5-14(20)13(19)4-10(12)9-2-1-8(3-15(9)21)25-6-11-16(7-25)23-24-17(11)22/h4-5,8-9,15H,1-3,6-7,21H2,(H3,22,23,24). The molecule has 0 saturated heterocycles. The number of benzene rings is 1. The number of aromatic amines is 1. The Bertz CT molecular complexity index is 806. The summed E-state index contributed by atoms with van der Waals surface area (Å²) in [6, 6.07) is 1.49. The zero-order valence-electron chi connectivity index (χ0n) is 13.6. The minimum atomic E-state index is -1.17. The van der Waals surface area contributed by atoms with Crippen LogP contribution in [0.15, 0.2) is 12.1 Å². The summed E-state index contributed by atoms with van der Waals surface area (Å²) in [5.41, 5.74) is 14.4. The first-order valence-electron chi connectivity index (χ1n) is 8.39. The first-order chi connectivity index (χ1) is 11.9. The molecule has 1 aromatic carbocycles. The number of rotatable bonds is 2. The maximum Gasteiger partial charge on any atom is 0.161 e. The molecule has 0 radical (unpaired) electrons. The van der Waals surface area contributed by atoms with Crippen molar-refractivity contribution in [3.05, 3.63) is 46.4 Å². The van der Waals surface area contributed by atoms with Crippen molar-refractivity contribution in [1.82, 2.24) is 15.1 Å². The van der Waals surface area contributed by atoms with Crippen LogP contribution in [-0.2, 0) is 13.1 Å². The summed E-state index contributed by atoms with van der Waals surface area (Å²) in [5, 5.41) is 6.95. The summed E-state index contributed by atoms with van der Waals surface area (Å²) in [4.78, 5) is 2.29. The summed E-state index contributed by atoms with van der Waals surface area (Å²) in [6.45, 7) is 1.46. The quantitative estimate of drug-likeness (QED) is 0.726. The zero-order valence-corrected chi connectivity index (χ0v) is 13.6. The number of anilines is 1. The lowest BCUT2D eigenvalue weighted by Crippen LogP contribution is -2.44. The number of aromatic nitrogens is 2. The van der Waals surface area contributed by atoms with Crippen molar-refractivity contribution >= 4 is 5.82 Å². The Balaban J connectivity index is 1.47. The highest BCUT2D eigenvalue weighted by atomic mass is 19.2. The number of hydrogen-bond acceptors (Lipinski definition) is 4. The molecule has 5 nitrogen and oxygen atoms in total. The number of nitrogen functional groups attached to an aromatic ring is 1. The Morgan fingerprint density at radius 3 is 2.56 bits per heavy atom. The van der Waals surface area contributed by atoms with Gasteiger partial charge in [0, 0.05) is 42.7 Å². The molecule has 8 heteroatoms. The van der Waals surface area contributed by atoms with Gasteiger partial charge < -0.3 is 11.5 Å². The van der Waals surface area contributed by atoms with Crippen LogP contribution in [0.3, 0.4) is 0 Å². The molecule has 5 N–H and O–H groups in total. The summed E-state index contributed by atoms with van der Waals surface area (Å²) in [5.74, 6) is -2.72. The number of fused-ring (bicyclic) bond motifs is 1. The average molecular weight is 351 g/mol. The van der Waals surface area contributed by atoms with Gasteiger partial charge in [0.2, 0.25) is 0 Å². The average Bonchev–Trinajstić information content (AvgIpc) is 3.14. The second-order valence-electron chi connectivity index (χ2n) is 7.00. The van der Waals surface area contributed by atoms with E-state index in [0.717, 1.165) is 36.8 Å². The topological polar surface area (TPSA) is 84.0 Å². The molecular formula is C17H20F3N5. The fourth-order valence-corrected chi connectivity index (χ4v) is 4.17. The number of nitrogens with one attached hydrogen (secondary N) is 1. The van der Waals surface area contributed by atoms with E-state index in [1.54, 1.807) is 0 Å². The van der Waals surface area contributed by atoms with Crippen molar-refractivity contribution < 1.29 is 13.2 Å². The fourth-order valence-electron chi connectivity index (χ4n) is 4.17. The summed E-state index contributed by atoms with van der Waals surface area (Å²) < 4.78 is 40.7. The highest BCUT2D eigenvalue weighted by Gasteiger charge is 2.36. The van der Waals surface area contributed by atoms with Crippen molar-refractivity contribution in [1.29, 1.82) is 0 Å². The number of halogens is 3. The molecule has 2 aliphatic rings. The first-order valence-corrected chi connectivity index (χ1v) is 8.39. The molecule has 25 heavy (non-hydrogen) atoms. The first kappa shape index (κ1) is 16.4. The summed E-state index contributed by atoms with van der Waals surface area (Å²) >= 11 is 0. The van der Waals surface area contributed by atoms with Gasteiger partial charge >= 0.3 is 0 Å². The van der Waals surface area contributed by atoms with Crippen LogP contribution in [0.2, 0.25) is 0 Å². The second kappa shape index (κ2) is 6.03. The van der Waals surface area contributed by atoms with Gasteiger partial charge in [-0.2, -0.15) is 5.10 Å². The van der Waals surface area contributed by atoms with Crippen molar-refractivity contribution in [3.8, 4) is 0 Å². The van der Waals surface area contributed by atoms with Gasteiger partial charge in [-0.1, -0.05) is 0 Å².